The van der Waals surface area contributed by atoms with Gasteiger partial charge in [-0.05, 0) is 77.7 Å². The largest absolute Gasteiger partial charge is 0.339 e. The van der Waals surface area contributed by atoms with Crippen molar-refractivity contribution >= 4 is 28.3 Å². The van der Waals surface area contributed by atoms with Crippen LogP contribution in [0.4, 0.5) is 0 Å². The quantitative estimate of drug-likeness (QED) is 0.591. The van der Waals surface area contributed by atoms with E-state index in [1.165, 1.54) is 30.8 Å². The molecule has 0 spiro atoms. The van der Waals surface area contributed by atoms with Crippen LogP contribution in [0.15, 0.2) is 24.4 Å². The lowest BCUT2D eigenvalue weighted by Crippen LogP contribution is -2.45. The van der Waals surface area contributed by atoms with Crippen LogP contribution in [-0.2, 0) is 0 Å². The molecule has 0 saturated carbocycles. The number of piperidine rings is 1. The van der Waals surface area contributed by atoms with Crippen molar-refractivity contribution in [1.82, 2.24) is 24.6 Å². The summed E-state index contributed by atoms with van der Waals surface area (Å²) in [6.45, 7) is 10.4. The number of nitrogens with zero attached hydrogens (tertiary/aromatic N) is 5. The molecular formula is C24H31N5OS. The number of likely N-dealkylation sites (tertiary alicyclic amines) is 2. The van der Waals surface area contributed by atoms with Gasteiger partial charge in [0.2, 0.25) is 0 Å². The summed E-state index contributed by atoms with van der Waals surface area (Å²) in [7, 11) is 0. The Morgan fingerprint density at radius 3 is 2.52 bits per heavy atom. The first kappa shape index (κ1) is 20.6. The third kappa shape index (κ3) is 3.89. The van der Waals surface area contributed by atoms with Gasteiger partial charge < -0.3 is 9.80 Å². The number of rotatable bonds is 4. The van der Waals surface area contributed by atoms with Crippen LogP contribution in [-0.4, -0.2) is 62.7 Å². The zero-order valence-corrected chi connectivity index (χ0v) is 19.5. The molecule has 5 heterocycles. The number of thiophene rings is 1. The number of amides is 1. The second-order valence-electron chi connectivity index (χ2n) is 9.15. The molecule has 0 atom stereocenters. The molecule has 6 nitrogen and oxygen atoms in total. The van der Waals surface area contributed by atoms with Crippen molar-refractivity contribution in [3.63, 3.8) is 0 Å². The van der Waals surface area contributed by atoms with E-state index in [9.17, 15) is 4.79 Å². The normalized spacial score (nSPS) is 18.5. The summed E-state index contributed by atoms with van der Waals surface area (Å²) in [5, 5.41) is 5.43. The van der Waals surface area contributed by atoms with E-state index in [0.29, 0.717) is 6.04 Å². The highest BCUT2D eigenvalue weighted by Crippen LogP contribution is 2.32. The van der Waals surface area contributed by atoms with Gasteiger partial charge in [0.15, 0.2) is 5.65 Å². The van der Waals surface area contributed by atoms with Gasteiger partial charge in [-0.25, -0.2) is 9.67 Å². The molecule has 0 aromatic carbocycles. The lowest BCUT2D eigenvalue weighted by molar-refractivity contribution is 0.0646. The highest BCUT2D eigenvalue weighted by Gasteiger charge is 2.30. The van der Waals surface area contributed by atoms with Crippen LogP contribution in [0.1, 0.15) is 60.8 Å². The van der Waals surface area contributed by atoms with Crippen LogP contribution in [0.2, 0.25) is 0 Å². The Balaban J connectivity index is 1.47. The van der Waals surface area contributed by atoms with Crippen molar-refractivity contribution in [3.8, 4) is 10.6 Å². The fourth-order valence-corrected chi connectivity index (χ4v) is 5.81. The van der Waals surface area contributed by atoms with Crippen molar-refractivity contribution in [2.45, 2.75) is 58.5 Å². The fourth-order valence-electron chi connectivity index (χ4n) is 4.98. The highest BCUT2D eigenvalue weighted by atomic mass is 32.1. The van der Waals surface area contributed by atoms with E-state index in [1.807, 2.05) is 21.8 Å². The van der Waals surface area contributed by atoms with Gasteiger partial charge in [-0.1, -0.05) is 0 Å². The molecule has 0 unspecified atom stereocenters. The Hall–Kier alpha value is -2.25. The van der Waals surface area contributed by atoms with Gasteiger partial charge in [-0.2, -0.15) is 5.10 Å². The second kappa shape index (κ2) is 8.36. The maximum Gasteiger partial charge on any atom is 0.254 e. The summed E-state index contributed by atoms with van der Waals surface area (Å²) in [6.07, 6.45) is 6.60. The van der Waals surface area contributed by atoms with Gasteiger partial charge in [0.1, 0.15) is 0 Å². The Kier molecular flexibility index (Phi) is 5.56. The zero-order chi connectivity index (χ0) is 21.5. The summed E-state index contributed by atoms with van der Waals surface area (Å²) in [5.74, 6) is 0.116. The summed E-state index contributed by atoms with van der Waals surface area (Å²) in [5.41, 5.74) is 2.40. The molecule has 1 amide bonds. The van der Waals surface area contributed by atoms with E-state index >= 15 is 0 Å². The number of aryl methyl sites for hydroxylation is 1. The van der Waals surface area contributed by atoms with E-state index in [2.05, 4.69) is 42.9 Å². The molecule has 2 saturated heterocycles. The van der Waals surface area contributed by atoms with Crippen LogP contribution in [0.3, 0.4) is 0 Å². The van der Waals surface area contributed by atoms with Crippen molar-refractivity contribution in [2.75, 3.05) is 26.2 Å². The van der Waals surface area contributed by atoms with Crippen molar-refractivity contribution < 1.29 is 4.79 Å². The zero-order valence-electron chi connectivity index (χ0n) is 18.7. The first-order chi connectivity index (χ1) is 15.0. The predicted molar refractivity (Wildman–Crippen MR) is 126 cm³/mol. The minimum atomic E-state index is 0.116. The number of hydrogen-bond acceptors (Lipinski definition) is 5. The Bertz CT molecular complexity index is 1090. The molecule has 3 aromatic heterocycles. The smallest absolute Gasteiger partial charge is 0.254 e. The van der Waals surface area contributed by atoms with Gasteiger partial charge in [-0.3, -0.25) is 4.79 Å². The van der Waals surface area contributed by atoms with Crippen LogP contribution >= 0.6 is 11.3 Å². The first-order valence-electron chi connectivity index (χ1n) is 11.5. The molecule has 0 bridgehead atoms. The Labute approximate surface area is 187 Å². The van der Waals surface area contributed by atoms with Crippen LogP contribution in [0.5, 0.6) is 0 Å². The lowest BCUT2D eigenvalue weighted by Gasteiger charge is -2.36. The molecule has 2 aliphatic rings. The maximum atomic E-state index is 13.7. The van der Waals surface area contributed by atoms with Crippen LogP contribution in [0.25, 0.3) is 21.6 Å². The molecule has 7 heteroatoms. The van der Waals surface area contributed by atoms with Gasteiger partial charge in [0, 0.05) is 30.1 Å². The number of fused-ring (bicyclic) bond motifs is 1. The van der Waals surface area contributed by atoms with Crippen LogP contribution in [0, 0.1) is 6.92 Å². The van der Waals surface area contributed by atoms with Crippen molar-refractivity contribution in [2.24, 2.45) is 0 Å². The van der Waals surface area contributed by atoms with E-state index in [1.54, 1.807) is 11.3 Å². The summed E-state index contributed by atoms with van der Waals surface area (Å²) >= 11 is 1.71. The van der Waals surface area contributed by atoms with Crippen molar-refractivity contribution in [1.29, 1.82) is 0 Å². The van der Waals surface area contributed by atoms with E-state index in [0.717, 1.165) is 53.1 Å². The molecule has 2 fully saturated rings. The maximum absolute atomic E-state index is 13.7. The first-order valence-corrected chi connectivity index (χ1v) is 12.3. The molecule has 3 aromatic rings. The van der Waals surface area contributed by atoms with E-state index in [4.69, 9.17) is 4.98 Å². The Morgan fingerprint density at radius 1 is 1.13 bits per heavy atom. The number of aromatic nitrogens is 3. The highest BCUT2D eigenvalue weighted by molar-refractivity contribution is 7.15. The fraction of sp³-hybridized carbons (Fsp3) is 0.542. The number of hydrogen-bond donors (Lipinski definition) is 0. The minimum absolute atomic E-state index is 0.116. The van der Waals surface area contributed by atoms with Gasteiger partial charge in [-0.15, -0.1) is 11.3 Å². The monoisotopic (exact) mass is 437 g/mol. The second-order valence-corrected chi connectivity index (χ2v) is 10.4. The number of carbonyl (C=O) groups is 1. The summed E-state index contributed by atoms with van der Waals surface area (Å²) < 4.78 is 1.93. The third-order valence-electron chi connectivity index (χ3n) is 6.69. The van der Waals surface area contributed by atoms with Gasteiger partial charge in [0.25, 0.3) is 5.91 Å². The van der Waals surface area contributed by atoms with Crippen LogP contribution < -0.4 is 0 Å². The van der Waals surface area contributed by atoms with E-state index < -0.39 is 0 Å². The Morgan fingerprint density at radius 2 is 1.87 bits per heavy atom. The molecule has 5 rings (SSSR count). The summed E-state index contributed by atoms with van der Waals surface area (Å²) in [4.78, 5) is 25.6. The molecule has 0 N–H and O–H groups in total. The molecule has 0 radical (unpaired) electrons. The van der Waals surface area contributed by atoms with Gasteiger partial charge in [0.05, 0.1) is 27.7 Å². The molecule has 31 heavy (non-hydrogen) atoms. The molecule has 2 aliphatic heterocycles. The standard InChI is InChI=1S/C24H31N5OS/c1-16(2)29-23-20(15-25-29)19(14-21(26-23)22-7-6-17(3)31-22)24(30)28-12-8-18(9-13-28)27-10-4-5-11-27/h6-7,14-16,18H,4-5,8-13H2,1-3H3. The topological polar surface area (TPSA) is 54.3 Å². The number of pyridine rings is 1. The van der Waals surface area contributed by atoms with Crippen molar-refractivity contribution in [3.05, 3.63) is 34.8 Å². The van der Waals surface area contributed by atoms with Gasteiger partial charge >= 0.3 is 0 Å². The van der Waals surface area contributed by atoms with E-state index in [-0.39, 0.29) is 11.9 Å². The SMILES string of the molecule is Cc1ccc(-c2cc(C(=O)N3CCC(N4CCCC4)CC3)c3cnn(C(C)C)c3n2)s1. The molecule has 0 aliphatic carbocycles. The predicted octanol–water partition coefficient (Wildman–Crippen LogP) is 4.75. The molecular weight excluding hydrogens is 406 g/mol. The average molecular weight is 438 g/mol. The third-order valence-corrected chi connectivity index (χ3v) is 7.71. The average Bonchev–Trinajstić information content (AvgIpc) is 3.53. The molecule has 164 valence electrons. The number of carbonyl (C=O) groups excluding carboxylic acids is 1. The summed E-state index contributed by atoms with van der Waals surface area (Å²) in [6, 6.07) is 7.01. The lowest BCUT2D eigenvalue weighted by atomic mass is 10.0. The minimum Gasteiger partial charge on any atom is -0.339 e.